The van der Waals surface area contributed by atoms with Crippen LogP contribution in [0.3, 0.4) is 0 Å². The van der Waals surface area contributed by atoms with Crippen LogP contribution in [0.2, 0.25) is 0 Å². The molecule has 3 rings (SSSR count). The highest BCUT2D eigenvalue weighted by molar-refractivity contribution is 7.99. The fourth-order valence-electron chi connectivity index (χ4n) is 2.68. The maximum Gasteiger partial charge on any atom is 0.237 e. The van der Waals surface area contributed by atoms with Gasteiger partial charge in [0.15, 0.2) is 5.82 Å². The van der Waals surface area contributed by atoms with Crippen LogP contribution in [0.1, 0.15) is 6.42 Å². The lowest BCUT2D eigenvalue weighted by molar-refractivity contribution is -0.116. The topological polar surface area (TPSA) is 94.9 Å². The number of thioether (sulfide) groups is 1. The first-order valence-electron chi connectivity index (χ1n) is 8.74. The predicted octanol–water partition coefficient (Wildman–Crippen LogP) is 3.66. The highest BCUT2D eigenvalue weighted by Crippen LogP contribution is 2.29. The van der Waals surface area contributed by atoms with Crippen molar-refractivity contribution in [1.29, 1.82) is 5.26 Å². The third kappa shape index (κ3) is 4.92. The molecule has 1 amide bonds. The van der Waals surface area contributed by atoms with Crippen molar-refractivity contribution in [3.63, 3.8) is 0 Å². The molecule has 0 aliphatic carbocycles. The number of hydrogen-bond acceptors (Lipinski definition) is 6. The molecule has 0 bridgehead atoms. The monoisotopic (exact) mass is 411 g/mol. The highest BCUT2D eigenvalue weighted by Gasteiger charge is 2.20. The summed E-state index contributed by atoms with van der Waals surface area (Å²) in [5, 5.41) is 16.0. The van der Waals surface area contributed by atoms with Gasteiger partial charge in [0.2, 0.25) is 11.1 Å². The number of methoxy groups -OCH3 is 1. The van der Waals surface area contributed by atoms with Crippen molar-refractivity contribution in [2.45, 2.75) is 11.6 Å². The lowest BCUT2D eigenvalue weighted by Crippen LogP contribution is -2.33. The molecule has 0 aliphatic heterocycles. The molecule has 0 saturated carbocycles. The van der Waals surface area contributed by atoms with Crippen molar-refractivity contribution in [1.82, 2.24) is 15.2 Å². The number of aromatic nitrogens is 3. The largest absolute Gasteiger partial charge is 0.495 e. The number of H-pyrrole nitrogens is 1. The highest BCUT2D eigenvalue weighted by atomic mass is 32.2. The minimum Gasteiger partial charge on any atom is -0.495 e. The molecule has 148 valence electrons. The minimum absolute atomic E-state index is 0.0536. The Hall–Kier alpha value is -3.38. The van der Waals surface area contributed by atoms with Crippen molar-refractivity contribution < 1.29 is 13.9 Å². The molecule has 0 spiro atoms. The first kappa shape index (κ1) is 20.4. The quantitative estimate of drug-likeness (QED) is 0.569. The summed E-state index contributed by atoms with van der Waals surface area (Å²) in [4.78, 5) is 18.6. The average Bonchev–Trinajstić information content (AvgIpc) is 3.22. The van der Waals surface area contributed by atoms with Crippen LogP contribution in [0.15, 0.2) is 53.7 Å². The number of halogens is 1. The molecule has 0 unspecified atom stereocenters. The molecule has 3 aromatic rings. The lowest BCUT2D eigenvalue weighted by atomic mass is 10.2. The van der Waals surface area contributed by atoms with Crippen molar-refractivity contribution in [2.24, 2.45) is 0 Å². The van der Waals surface area contributed by atoms with E-state index in [-0.39, 0.29) is 24.6 Å². The average molecular weight is 411 g/mol. The van der Waals surface area contributed by atoms with E-state index in [1.54, 1.807) is 36.4 Å². The van der Waals surface area contributed by atoms with E-state index in [1.165, 1.54) is 18.1 Å². The number of carbonyl (C=O) groups excluding carboxylic acids is 1. The Labute approximate surface area is 171 Å². The lowest BCUT2D eigenvalue weighted by Gasteiger charge is -2.23. The molecule has 29 heavy (non-hydrogen) atoms. The third-order valence-corrected chi connectivity index (χ3v) is 4.87. The van der Waals surface area contributed by atoms with Gasteiger partial charge < -0.3 is 9.64 Å². The van der Waals surface area contributed by atoms with E-state index in [0.717, 1.165) is 11.8 Å². The Morgan fingerprint density at radius 1 is 1.28 bits per heavy atom. The Bertz CT molecular complexity index is 1030. The Kier molecular flexibility index (Phi) is 6.81. The van der Waals surface area contributed by atoms with Crippen molar-refractivity contribution in [2.75, 3.05) is 24.3 Å². The molecule has 1 heterocycles. The van der Waals surface area contributed by atoms with Crippen LogP contribution >= 0.6 is 11.8 Å². The van der Waals surface area contributed by atoms with Crippen LogP contribution in [0.5, 0.6) is 5.75 Å². The van der Waals surface area contributed by atoms with Crippen LogP contribution in [0.25, 0.3) is 11.4 Å². The van der Waals surface area contributed by atoms with E-state index in [2.05, 4.69) is 21.3 Å². The van der Waals surface area contributed by atoms with Gasteiger partial charge >= 0.3 is 0 Å². The molecule has 0 fully saturated rings. The van der Waals surface area contributed by atoms with Crippen LogP contribution in [-0.4, -0.2) is 40.5 Å². The summed E-state index contributed by atoms with van der Waals surface area (Å²) in [6.07, 6.45) is 0.187. The van der Waals surface area contributed by atoms with E-state index in [9.17, 15) is 9.18 Å². The molecule has 0 radical (unpaired) electrons. The van der Waals surface area contributed by atoms with E-state index in [0.29, 0.717) is 28.0 Å². The summed E-state index contributed by atoms with van der Waals surface area (Å²) >= 11 is 1.13. The van der Waals surface area contributed by atoms with Gasteiger partial charge in [-0.25, -0.2) is 9.37 Å². The van der Waals surface area contributed by atoms with E-state index >= 15 is 0 Å². The summed E-state index contributed by atoms with van der Waals surface area (Å²) in [7, 11) is 1.53. The van der Waals surface area contributed by atoms with Crippen LogP contribution < -0.4 is 9.64 Å². The maximum absolute atomic E-state index is 13.9. The first-order chi connectivity index (χ1) is 14.1. The Balaban J connectivity index is 1.72. The van der Waals surface area contributed by atoms with Crippen molar-refractivity contribution in [3.05, 3.63) is 54.3 Å². The number of nitrogens with zero attached hydrogens (tertiary/aromatic N) is 4. The number of ether oxygens (including phenoxy) is 1. The number of para-hydroxylation sites is 2. The molecule has 9 heteroatoms. The van der Waals surface area contributed by atoms with Crippen molar-refractivity contribution in [3.8, 4) is 23.2 Å². The van der Waals surface area contributed by atoms with Crippen molar-refractivity contribution >= 4 is 23.4 Å². The standard InChI is InChI=1S/C20H18FN5O2S/c1-28-17-10-5-4-9-16(17)26(12-6-11-22)18(27)13-29-20-23-19(24-25-20)14-7-2-3-8-15(14)21/h2-5,7-10H,6,12-13H2,1H3,(H,23,24,25). The van der Waals surface area contributed by atoms with Gasteiger partial charge in [0, 0.05) is 6.54 Å². The number of aromatic amines is 1. The van der Waals surface area contributed by atoms with Crippen LogP contribution in [0.4, 0.5) is 10.1 Å². The predicted molar refractivity (Wildman–Crippen MR) is 108 cm³/mol. The third-order valence-electron chi connectivity index (χ3n) is 4.04. The van der Waals surface area contributed by atoms with Crippen LogP contribution in [-0.2, 0) is 4.79 Å². The van der Waals surface area contributed by atoms with E-state index < -0.39 is 5.82 Å². The molecule has 7 nitrogen and oxygen atoms in total. The van der Waals surface area contributed by atoms with E-state index in [4.69, 9.17) is 10.00 Å². The summed E-state index contributed by atoms with van der Waals surface area (Å²) in [6.45, 7) is 0.241. The first-order valence-corrected chi connectivity index (χ1v) is 9.73. The van der Waals surface area contributed by atoms with Gasteiger partial charge in [0.1, 0.15) is 11.6 Å². The van der Waals surface area contributed by atoms with Gasteiger partial charge in [-0.3, -0.25) is 9.89 Å². The number of rotatable bonds is 8. The molecule has 0 saturated heterocycles. The second kappa shape index (κ2) is 9.71. The van der Waals surface area contributed by atoms with Gasteiger partial charge in [-0.15, -0.1) is 5.10 Å². The zero-order valence-electron chi connectivity index (χ0n) is 15.6. The number of nitrogens with one attached hydrogen (secondary N) is 1. The summed E-state index contributed by atoms with van der Waals surface area (Å²) in [5.41, 5.74) is 0.903. The Morgan fingerprint density at radius 2 is 2.03 bits per heavy atom. The van der Waals surface area contributed by atoms with Gasteiger partial charge in [0.25, 0.3) is 0 Å². The maximum atomic E-state index is 13.9. The molecular weight excluding hydrogens is 393 g/mol. The number of hydrogen-bond donors (Lipinski definition) is 1. The van der Waals surface area contributed by atoms with Crippen LogP contribution in [0, 0.1) is 17.1 Å². The fourth-order valence-corrected chi connectivity index (χ4v) is 3.36. The van der Waals surface area contributed by atoms with Gasteiger partial charge in [-0.2, -0.15) is 5.26 Å². The minimum atomic E-state index is -0.407. The van der Waals surface area contributed by atoms with Gasteiger partial charge in [0.05, 0.1) is 36.6 Å². The number of benzene rings is 2. The molecule has 0 atom stereocenters. The zero-order chi connectivity index (χ0) is 20.6. The van der Waals surface area contributed by atoms with Gasteiger partial charge in [-0.1, -0.05) is 36.0 Å². The molecule has 2 aromatic carbocycles. The summed E-state index contributed by atoms with van der Waals surface area (Å²) in [5.74, 6) is 0.271. The molecular formula is C20H18FN5O2S. The molecule has 1 aromatic heterocycles. The van der Waals surface area contributed by atoms with E-state index in [1.807, 2.05) is 6.07 Å². The number of anilines is 1. The number of nitriles is 1. The molecule has 1 N–H and O–H groups in total. The van der Waals surface area contributed by atoms with Gasteiger partial charge in [-0.05, 0) is 24.3 Å². The smallest absolute Gasteiger partial charge is 0.237 e. The number of amides is 1. The normalized spacial score (nSPS) is 10.4. The SMILES string of the molecule is COc1ccccc1N(CCC#N)C(=O)CSc1n[nH]c(-c2ccccc2F)n1. The second-order valence-corrected chi connectivity index (χ2v) is 6.80. The summed E-state index contributed by atoms with van der Waals surface area (Å²) in [6, 6.07) is 15.4. The molecule has 0 aliphatic rings. The fraction of sp³-hybridized carbons (Fsp3) is 0.200. The zero-order valence-corrected chi connectivity index (χ0v) is 16.4. The Morgan fingerprint density at radius 3 is 2.79 bits per heavy atom. The second-order valence-electron chi connectivity index (χ2n) is 5.86. The summed E-state index contributed by atoms with van der Waals surface area (Å²) < 4.78 is 19.2. The number of carbonyl (C=O) groups is 1.